The van der Waals surface area contributed by atoms with Gasteiger partial charge in [-0.15, -0.1) is 0 Å². The summed E-state index contributed by atoms with van der Waals surface area (Å²) < 4.78 is 10.1. The van der Waals surface area contributed by atoms with E-state index in [1.807, 2.05) is 0 Å². The van der Waals surface area contributed by atoms with Gasteiger partial charge in [0.1, 0.15) is 5.75 Å². The summed E-state index contributed by atoms with van der Waals surface area (Å²) in [4.78, 5) is 34.5. The number of ether oxygens (including phenoxy) is 2. The molecule has 0 heterocycles. The second-order valence-electron chi connectivity index (χ2n) is 5.36. The fourth-order valence-corrected chi connectivity index (χ4v) is 2.24. The third-order valence-corrected chi connectivity index (χ3v) is 3.50. The van der Waals surface area contributed by atoms with Crippen LogP contribution in [0.25, 0.3) is 0 Å². The first kappa shape index (κ1) is 19.3. The molecule has 26 heavy (non-hydrogen) atoms. The Kier molecular flexibility index (Phi) is 6.57. The first-order valence-electron chi connectivity index (χ1n) is 7.59. The van der Waals surface area contributed by atoms with E-state index in [4.69, 9.17) is 26.8 Å². The molecule has 0 bridgehead atoms. The molecule has 136 valence electrons. The number of hydrogen-bond acceptors (Lipinski definition) is 5. The van der Waals surface area contributed by atoms with E-state index in [-0.39, 0.29) is 12.2 Å². The topological polar surface area (TPSA) is 108 Å². The lowest BCUT2D eigenvalue weighted by Gasteiger charge is -2.09. The van der Waals surface area contributed by atoms with Crippen molar-refractivity contribution in [2.45, 2.75) is 6.92 Å². The molecule has 2 rings (SSSR count). The van der Waals surface area contributed by atoms with Gasteiger partial charge in [0.05, 0.1) is 5.56 Å². The first-order chi connectivity index (χ1) is 12.3. The van der Waals surface area contributed by atoms with Crippen LogP contribution in [0.3, 0.4) is 0 Å². The van der Waals surface area contributed by atoms with Crippen LogP contribution in [0, 0.1) is 6.92 Å². The lowest BCUT2D eigenvalue weighted by molar-refractivity contribution is -0.120. The molecule has 0 radical (unpaired) electrons. The van der Waals surface area contributed by atoms with Crippen molar-refractivity contribution in [1.29, 1.82) is 0 Å². The number of esters is 1. The van der Waals surface area contributed by atoms with E-state index >= 15 is 0 Å². The lowest BCUT2D eigenvalue weighted by Crippen LogP contribution is -2.21. The van der Waals surface area contributed by atoms with Gasteiger partial charge in [0.25, 0.3) is 11.8 Å². The highest BCUT2D eigenvalue weighted by Gasteiger charge is 2.11. The molecule has 0 saturated heterocycles. The fraction of sp³-hybridized carbons (Fsp3) is 0.167. The van der Waals surface area contributed by atoms with Gasteiger partial charge in [0.2, 0.25) is 0 Å². The molecule has 0 unspecified atom stereocenters. The van der Waals surface area contributed by atoms with Crippen molar-refractivity contribution in [2.24, 2.45) is 5.73 Å². The van der Waals surface area contributed by atoms with Gasteiger partial charge in [0, 0.05) is 10.7 Å². The maximum Gasteiger partial charge on any atom is 0.338 e. The van der Waals surface area contributed by atoms with Gasteiger partial charge in [-0.25, -0.2) is 4.79 Å². The Morgan fingerprint density at radius 1 is 1.08 bits per heavy atom. The van der Waals surface area contributed by atoms with Crippen LogP contribution >= 0.6 is 11.6 Å². The highest BCUT2D eigenvalue weighted by atomic mass is 35.5. The van der Waals surface area contributed by atoms with E-state index in [2.05, 4.69) is 5.32 Å². The highest BCUT2D eigenvalue weighted by molar-refractivity contribution is 6.30. The molecule has 0 spiro atoms. The minimum absolute atomic E-state index is 0.242. The van der Waals surface area contributed by atoms with E-state index in [9.17, 15) is 14.4 Å². The molecule has 2 aromatic carbocycles. The van der Waals surface area contributed by atoms with Gasteiger partial charge in [0.15, 0.2) is 13.2 Å². The number of halogens is 1. The standard InChI is InChI=1S/C18H17ClN2O5/c1-11-8-13(19)4-7-15(11)21-17(23)10-26-18(24)12-2-5-14(6-3-12)25-9-16(20)22/h2-8H,9-10H2,1H3,(H2,20,22)(H,21,23). The van der Waals surface area contributed by atoms with Crippen molar-refractivity contribution in [1.82, 2.24) is 0 Å². The first-order valence-corrected chi connectivity index (χ1v) is 7.97. The third-order valence-electron chi connectivity index (χ3n) is 3.27. The molecule has 2 amide bonds. The number of nitrogens with one attached hydrogen (secondary N) is 1. The summed E-state index contributed by atoms with van der Waals surface area (Å²) >= 11 is 5.86. The van der Waals surface area contributed by atoms with Crippen LogP contribution in [0.15, 0.2) is 42.5 Å². The Morgan fingerprint density at radius 3 is 2.38 bits per heavy atom. The SMILES string of the molecule is Cc1cc(Cl)ccc1NC(=O)COC(=O)c1ccc(OCC(N)=O)cc1. The summed E-state index contributed by atoms with van der Waals surface area (Å²) in [6.07, 6.45) is 0. The van der Waals surface area contributed by atoms with Crippen molar-refractivity contribution in [3.05, 3.63) is 58.6 Å². The van der Waals surface area contributed by atoms with Crippen LogP contribution in [-0.4, -0.2) is 31.0 Å². The molecule has 7 nitrogen and oxygen atoms in total. The normalized spacial score (nSPS) is 10.1. The van der Waals surface area contributed by atoms with E-state index < -0.39 is 24.4 Å². The number of anilines is 1. The molecular weight excluding hydrogens is 360 g/mol. The monoisotopic (exact) mass is 376 g/mol. The average Bonchev–Trinajstić information content (AvgIpc) is 2.60. The average molecular weight is 377 g/mol. The predicted molar refractivity (Wildman–Crippen MR) is 96.2 cm³/mol. The summed E-state index contributed by atoms with van der Waals surface area (Å²) in [6, 6.07) is 10.9. The molecule has 3 N–H and O–H groups in total. The Bertz CT molecular complexity index is 821. The van der Waals surface area contributed by atoms with Gasteiger partial charge >= 0.3 is 5.97 Å². The molecular formula is C18H17ClN2O5. The summed E-state index contributed by atoms with van der Waals surface area (Å²) in [6.45, 7) is 1.12. The molecule has 0 aliphatic rings. The highest BCUT2D eigenvalue weighted by Crippen LogP contribution is 2.19. The van der Waals surface area contributed by atoms with E-state index in [1.54, 1.807) is 25.1 Å². The Hall–Kier alpha value is -3.06. The van der Waals surface area contributed by atoms with E-state index in [0.29, 0.717) is 16.5 Å². The minimum atomic E-state index is -0.658. The van der Waals surface area contributed by atoms with Crippen LogP contribution in [0.4, 0.5) is 5.69 Å². The van der Waals surface area contributed by atoms with Gasteiger partial charge in [-0.2, -0.15) is 0 Å². The Morgan fingerprint density at radius 2 is 1.77 bits per heavy atom. The van der Waals surface area contributed by atoms with Crippen molar-refractivity contribution in [3.63, 3.8) is 0 Å². The van der Waals surface area contributed by atoms with E-state index in [1.165, 1.54) is 24.3 Å². The maximum atomic E-state index is 12.0. The van der Waals surface area contributed by atoms with Gasteiger partial charge in [-0.05, 0) is 55.0 Å². The number of carbonyl (C=O) groups is 3. The number of rotatable bonds is 7. The molecule has 2 aromatic rings. The number of benzene rings is 2. The van der Waals surface area contributed by atoms with Crippen LogP contribution in [0.5, 0.6) is 5.75 Å². The molecule has 0 aliphatic heterocycles. The summed E-state index contributed by atoms with van der Waals surface area (Å²) in [5.41, 5.74) is 6.60. The van der Waals surface area contributed by atoms with Crippen LogP contribution in [0.1, 0.15) is 15.9 Å². The predicted octanol–water partition coefficient (Wildman–Crippen LogP) is 2.31. The number of hydrogen-bond donors (Lipinski definition) is 2. The van der Waals surface area contributed by atoms with Crippen molar-refractivity contribution in [2.75, 3.05) is 18.5 Å². The largest absolute Gasteiger partial charge is 0.484 e. The quantitative estimate of drug-likeness (QED) is 0.721. The number of nitrogens with two attached hydrogens (primary N) is 1. The van der Waals surface area contributed by atoms with Crippen LogP contribution < -0.4 is 15.8 Å². The van der Waals surface area contributed by atoms with Crippen LogP contribution in [0.2, 0.25) is 5.02 Å². The van der Waals surface area contributed by atoms with Crippen molar-refractivity contribution in [3.8, 4) is 5.75 Å². The molecule has 0 fully saturated rings. The third kappa shape index (κ3) is 5.78. The minimum Gasteiger partial charge on any atom is -0.484 e. The zero-order chi connectivity index (χ0) is 19.1. The van der Waals surface area contributed by atoms with Gasteiger partial charge in [-0.1, -0.05) is 11.6 Å². The molecule has 0 aromatic heterocycles. The maximum absolute atomic E-state index is 12.0. The second kappa shape index (κ2) is 8.87. The smallest absolute Gasteiger partial charge is 0.338 e. The number of carbonyl (C=O) groups excluding carboxylic acids is 3. The van der Waals surface area contributed by atoms with E-state index in [0.717, 1.165) is 5.56 Å². The summed E-state index contributed by atoms with van der Waals surface area (Å²) in [5, 5.41) is 3.21. The lowest BCUT2D eigenvalue weighted by atomic mass is 10.2. The Balaban J connectivity index is 1.85. The molecule has 8 heteroatoms. The van der Waals surface area contributed by atoms with Crippen molar-refractivity contribution < 1.29 is 23.9 Å². The second-order valence-corrected chi connectivity index (χ2v) is 5.80. The number of primary amides is 1. The zero-order valence-corrected chi connectivity index (χ0v) is 14.7. The van der Waals surface area contributed by atoms with Crippen molar-refractivity contribution >= 4 is 35.1 Å². The molecule has 0 saturated carbocycles. The fourth-order valence-electron chi connectivity index (χ4n) is 2.01. The van der Waals surface area contributed by atoms with Gasteiger partial charge < -0.3 is 20.5 Å². The number of amides is 2. The molecule has 0 aliphatic carbocycles. The number of aryl methyl sites for hydroxylation is 1. The summed E-state index contributed by atoms with van der Waals surface area (Å²) in [5.74, 6) is -1.34. The van der Waals surface area contributed by atoms with Gasteiger partial charge in [-0.3, -0.25) is 9.59 Å². The summed E-state index contributed by atoms with van der Waals surface area (Å²) in [7, 11) is 0. The van der Waals surface area contributed by atoms with Crippen LogP contribution in [-0.2, 0) is 14.3 Å². The molecule has 0 atom stereocenters. The Labute approximate surface area is 155 Å². The zero-order valence-electron chi connectivity index (χ0n) is 14.0.